The van der Waals surface area contributed by atoms with Gasteiger partial charge in [-0.2, -0.15) is 0 Å². The maximum Gasteiger partial charge on any atom is 0.122 e. The Morgan fingerprint density at radius 3 is 2.81 bits per heavy atom. The van der Waals surface area contributed by atoms with Crippen molar-refractivity contribution in [3.05, 3.63) is 29.3 Å². The molecule has 1 aromatic carbocycles. The smallest absolute Gasteiger partial charge is 0.122 e. The van der Waals surface area contributed by atoms with E-state index in [9.17, 15) is 0 Å². The van der Waals surface area contributed by atoms with Gasteiger partial charge in [0.2, 0.25) is 0 Å². The van der Waals surface area contributed by atoms with Crippen molar-refractivity contribution in [3.8, 4) is 5.75 Å². The van der Waals surface area contributed by atoms with Crippen molar-refractivity contribution in [1.82, 2.24) is 5.32 Å². The number of nitrogens with one attached hydrogen (secondary N) is 1. The van der Waals surface area contributed by atoms with Gasteiger partial charge in [0.25, 0.3) is 0 Å². The van der Waals surface area contributed by atoms with Crippen molar-refractivity contribution < 1.29 is 4.74 Å². The van der Waals surface area contributed by atoms with Crippen molar-refractivity contribution in [2.75, 3.05) is 20.2 Å². The summed E-state index contributed by atoms with van der Waals surface area (Å²) in [5, 5.41) is 3.35. The molecular weight excluding hydrogens is 200 g/mol. The number of hydrogen-bond donors (Lipinski definition) is 2. The van der Waals surface area contributed by atoms with Gasteiger partial charge in [0.15, 0.2) is 0 Å². The van der Waals surface area contributed by atoms with Crippen LogP contribution in [0.4, 0.5) is 0 Å². The van der Waals surface area contributed by atoms with E-state index in [1.165, 1.54) is 5.56 Å². The number of benzene rings is 1. The normalized spacial score (nSPS) is 29.4. The molecule has 3 nitrogen and oxygen atoms in total. The van der Waals surface area contributed by atoms with Gasteiger partial charge in [0.05, 0.1) is 7.11 Å². The summed E-state index contributed by atoms with van der Waals surface area (Å²) in [6.45, 7) is 5.97. The van der Waals surface area contributed by atoms with Gasteiger partial charge >= 0.3 is 0 Å². The Morgan fingerprint density at radius 1 is 1.50 bits per heavy atom. The lowest BCUT2D eigenvalue weighted by atomic mass is 9.84. The Morgan fingerprint density at radius 2 is 2.25 bits per heavy atom. The predicted octanol–water partition coefficient (Wildman–Crippen LogP) is 1.41. The van der Waals surface area contributed by atoms with Gasteiger partial charge in [-0.25, -0.2) is 0 Å². The molecule has 1 aromatic rings. The fourth-order valence-corrected chi connectivity index (χ4v) is 2.39. The first kappa shape index (κ1) is 11.4. The molecule has 0 unspecified atom stereocenters. The van der Waals surface area contributed by atoms with Crippen LogP contribution in [0.3, 0.4) is 0 Å². The lowest BCUT2D eigenvalue weighted by Gasteiger charge is -2.26. The van der Waals surface area contributed by atoms with Crippen molar-refractivity contribution in [1.29, 1.82) is 0 Å². The lowest BCUT2D eigenvalue weighted by molar-refractivity contribution is 0.408. The highest BCUT2D eigenvalue weighted by atomic mass is 16.5. The molecule has 2 rings (SSSR count). The van der Waals surface area contributed by atoms with E-state index in [4.69, 9.17) is 10.5 Å². The third-order valence-electron chi connectivity index (χ3n) is 3.48. The molecule has 3 heteroatoms. The molecule has 1 fully saturated rings. The highest BCUT2D eigenvalue weighted by Gasteiger charge is 2.36. The van der Waals surface area contributed by atoms with Crippen LogP contribution < -0.4 is 15.8 Å². The van der Waals surface area contributed by atoms with Crippen LogP contribution in [0.2, 0.25) is 0 Å². The summed E-state index contributed by atoms with van der Waals surface area (Å²) in [4.78, 5) is 0. The molecule has 0 amide bonds. The maximum atomic E-state index is 6.28. The molecule has 1 heterocycles. The summed E-state index contributed by atoms with van der Waals surface area (Å²) in [5.41, 5.74) is 8.54. The highest BCUT2D eigenvalue weighted by Crippen LogP contribution is 2.32. The van der Waals surface area contributed by atoms with Gasteiger partial charge in [-0.15, -0.1) is 0 Å². The Balaban J connectivity index is 2.34. The summed E-state index contributed by atoms with van der Waals surface area (Å²) < 4.78 is 5.35. The summed E-state index contributed by atoms with van der Waals surface area (Å²) in [6, 6.07) is 6.36. The molecule has 2 atom stereocenters. The van der Waals surface area contributed by atoms with Gasteiger partial charge < -0.3 is 15.8 Å². The van der Waals surface area contributed by atoms with Crippen LogP contribution >= 0.6 is 0 Å². The largest absolute Gasteiger partial charge is 0.496 e. The third-order valence-corrected chi connectivity index (χ3v) is 3.48. The van der Waals surface area contributed by atoms with E-state index in [0.29, 0.717) is 5.92 Å². The van der Waals surface area contributed by atoms with Crippen LogP contribution in [0.1, 0.15) is 24.0 Å². The number of hydrogen-bond acceptors (Lipinski definition) is 3. The highest BCUT2D eigenvalue weighted by molar-refractivity contribution is 5.39. The quantitative estimate of drug-likeness (QED) is 0.792. The maximum absolute atomic E-state index is 6.28. The van der Waals surface area contributed by atoms with Gasteiger partial charge in [-0.3, -0.25) is 0 Å². The van der Waals surface area contributed by atoms with Crippen LogP contribution in [-0.4, -0.2) is 25.7 Å². The van der Waals surface area contributed by atoms with Gasteiger partial charge in [-0.05, 0) is 31.0 Å². The Labute approximate surface area is 97.0 Å². The van der Waals surface area contributed by atoms with Crippen LogP contribution in [0.25, 0.3) is 0 Å². The lowest BCUT2D eigenvalue weighted by Crippen LogP contribution is -2.42. The van der Waals surface area contributed by atoms with Crippen LogP contribution in [-0.2, 0) is 0 Å². The first-order valence-corrected chi connectivity index (χ1v) is 5.69. The Kier molecular flexibility index (Phi) is 2.91. The number of rotatable bonds is 2. The summed E-state index contributed by atoms with van der Waals surface area (Å²) in [5.74, 6) is 1.31. The Hall–Kier alpha value is -1.06. The number of methoxy groups -OCH3 is 1. The first-order valence-electron chi connectivity index (χ1n) is 5.69. The fourth-order valence-electron chi connectivity index (χ4n) is 2.39. The molecule has 0 saturated carbocycles. The van der Waals surface area contributed by atoms with E-state index in [1.54, 1.807) is 7.11 Å². The molecule has 0 radical (unpaired) electrons. The SMILES string of the molecule is COc1cc([C@@H]2CNC[C@@]2(C)N)ccc1C. The minimum absolute atomic E-state index is 0.166. The fraction of sp³-hybridized carbons (Fsp3) is 0.538. The third kappa shape index (κ3) is 1.93. The molecule has 1 aliphatic heterocycles. The van der Waals surface area contributed by atoms with Crippen molar-refractivity contribution >= 4 is 0 Å². The molecule has 1 aliphatic rings. The monoisotopic (exact) mass is 220 g/mol. The molecule has 0 spiro atoms. The second kappa shape index (κ2) is 4.07. The average molecular weight is 220 g/mol. The van der Waals surface area contributed by atoms with Crippen LogP contribution in [0.15, 0.2) is 18.2 Å². The standard InChI is InChI=1S/C13H20N2O/c1-9-4-5-10(6-12(9)16-3)11-7-15-8-13(11,2)14/h4-6,11,15H,7-8,14H2,1-3H3/t11-,13+/m0/s1. The van der Waals surface area contributed by atoms with Crippen molar-refractivity contribution in [2.45, 2.75) is 25.3 Å². The van der Waals surface area contributed by atoms with E-state index in [1.807, 2.05) is 0 Å². The van der Waals surface area contributed by atoms with E-state index in [2.05, 4.69) is 37.4 Å². The molecule has 0 aromatic heterocycles. The molecular formula is C13H20N2O. The molecule has 88 valence electrons. The van der Waals surface area contributed by atoms with Crippen molar-refractivity contribution in [2.24, 2.45) is 5.73 Å². The Bertz CT molecular complexity index is 388. The van der Waals surface area contributed by atoms with Crippen molar-refractivity contribution in [3.63, 3.8) is 0 Å². The molecule has 1 saturated heterocycles. The summed E-state index contributed by atoms with van der Waals surface area (Å²) >= 11 is 0. The van der Waals surface area contributed by atoms with Gasteiger partial charge in [0.1, 0.15) is 5.75 Å². The second-order valence-electron chi connectivity index (χ2n) is 4.92. The molecule has 3 N–H and O–H groups in total. The predicted molar refractivity (Wildman–Crippen MR) is 65.9 cm³/mol. The molecule has 16 heavy (non-hydrogen) atoms. The van der Waals surface area contributed by atoms with Crippen LogP contribution in [0.5, 0.6) is 5.75 Å². The minimum atomic E-state index is -0.166. The number of ether oxygens (including phenoxy) is 1. The minimum Gasteiger partial charge on any atom is -0.496 e. The second-order valence-corrected chi connectivity index (χ2v) is 4.92. The first-order chi connectivity index (χ1) is 7.54. The van der Waals surface area contributed by atoms with Gasteiger partial charge in [-0.1, -0.05) is 12.1 Å². The number of nitrogens with two attached hydrogens (primary N) is 1. The number of aryl methyl sites for hydroxylation is 1. The topological polar surface area (TPSA) is 47.3 Å². The summed E-state index contributed by atoms with van der Waals surface area (Å²) in [6.07, 6.45) is 0. The van der Waals surface area contributed by atoms with E-state index in [0.717, 1.165) is 24.4 Å². The zero-order chi connectivity index (χ0) is 11.8. The van der Waals surface area contributed by atoms with E-state index in [-0.39, 0.29) is 5.54 Å². The summed E-state index contributed by atoms with van der Waals surface area (Å²) in [7, 11) is 1.71. The average Bonchev–Trinajstić information content (AvgIpc) is 2.59. The van der Waals surface area contributed by atoms with E-state index >= 15 is 0 Å². The zero-order valence-electron chi connectivity index (χ0n) is 10.2. The van der Waals surface area contributed by atoms with Gasteiger partial charge in [0, 0.05) is 24.5 Å². The zero-order valence-corrected chi connectivity index (χ0v) is 10.2. The molecule has 0 aliphatic carbocycles. The van der Waals surface area contributed by atoms with E-state index < -0.39 is 0 Å². The molecule has 0 bridgehead atoms. The van der Waals surface area contributed by atoms with Crippen LogP contribution in [0, 0.1) is 6.92 Å².